The third kappa shape index (κ3) is 5.35. The van der Waals surface area contributed by atoms with Gasteiger partial charge in [-0.25, -0.2) is 9.78 Å². The van der Waals surface area contributed by atoms with Gasteiger partial charge in [0.05, 0.1) is 22.5 Å². The Labute approximate surface area is 179 Å². The molecule has 7 nitrogen and oxygen atoms in total. The molecule has 2 aromatic rings. The molecule has 4 heterocycles. The number of hydrogen-bond donors (Lipinski definition) is 1. The Kier molecular flexibility index (Phi) is 6.78. The topological polar surface area (TPSA) is 86.6 Å². The Hall–Kier alpha value is -2.05. The van der Waals surface area contributed by atoms with Crippen molar-refractivity contribution in [3.8, 4) is 0 Å². The Balaban J connectivity index is 0.000000318. The van der Waals surface area contributed by atoms with E-state index in [4.69, 9.17) is 9.90 Å². The fraction of sp³-hybridized carbons (Fsp3) is 0.556. The van der Waals surface area contributed by atoms with Crippen LogP contribution >= 0.6 is 22.7 Å². The highest BCUT2D eigenvalue weighted by Gasteiger charge is 2.53. The molecule has 2 aliphatic heterocycles. The van der Waals surface area contributed by atoms with Gasteiger partial charge in [0.1, 0.15) is 0 Å². The van der Waals surface area contributed by atoms with Crippen molar-refractivity contribution in [2.45, 2.75) is 39.0 Å². The fourth-order valence-electron chi connectivity index (χ4n) is 3.75. The first-order chi connectivity index (χ1) is 14.1. The second-order valence-corrected chi connectivity index (χ2v) is 9.66. The van der Waals surface area contributed by atoms with Crippen LogP contribution in [0.15, 0.2) is 17.9 Å². The number of carboxylic acids is 1. The highest BCUT2D eigenvalue weighted by molar-refractivity contribution is 7.11. The van der Waals surface area contributed by atoms with Crippen LogP contribution in [0.5, 0.6) is 0 Å². The fourth-order valence-corrected chi connectivity index (χ4v) is 5.20. The summed E-state index contributed by atoms with van der Waals surface area (Å²) in [6.07, 6.45) is 0.892. The molecule has 0 radical (unpaired) electrons. The van der Waals surface area contributed by atoms with Crippen molar-refractivity contribution in [1.82, 2.24) is 19.8 Å². The Morgan fingerprint density at radius 2 is 2.00 bits per heavy atom. The van der Waals surface area contributed by atoms with Crippen LogP contribution in [0.3, 0.4) is 0 Å². The number of aliphatic carboxylic acids is 1. The van der Waals surface area contributed by atoms with Crippen LogP contribution in [0, 0.1) is 12.3 Å². The zero-order valence-electron chi connectivity index (χ0n) is 16.2. The quantitative estimate of drug-likeness (QED) is 0.703. The molecule has 0 saturated carbocycles. The van der Waals surface area contributed by atoms with Gasteiger partial charge in [-0.2, -0.15) is 13.2 Å². The summed E-state index contributed by atoms with van der Waals surface area (Å²) in [5, 5.41) is 8.24. The number of thiazole rings is 2. The first-order valence-corrected chi connectivity index (χ1v) is 10.9. The summed E-state index contributed by atoms with van der Waals surface area (Å²) in [7, 11) is 0. The number of carbonyl (C=O) groups is 2. The van der Waals surface area contributed by atoms with Crippen molar-refractivity contribution < 1.29 is 27.9 Å². The standard InChI is InChI=1S/C16H20N4OS2.C2HF3O2/c1-12-18-6-14(23-12)7-19-4-2-3-16(9-19)10-20(15(16)21)8-13-5-17-11-22-13;3-2(4,5)1(6)7/h5-6,11H,2-4,7-10H2,1H3;(H,6,7). The Morgan fingerprint density at radius 3 is 2.53 bits per heavy atom. The third-order valence-corrected chi connectivity index (χ3v) is 6.67. The van der Waals surface area contributed by atoms with Crippen molar-refractivity contribution in [2.24, 2.45) is 5.41 Å². The van der Waals surface area contributed by atoms with E-state index in [1.165, 1.54) is 9.75 Å². The van der Waals surface area contributed by atoms with Gasteiger partial charge >= 0.3 is 12.1 Å². The van der Waals surface area contributed by atoms with E-state index >= 15 is 0 Å². The normalized spacial score (nSPS) is 21.9. The minimum Gasteiger partial charge on any atom is -0.475 e. The number of alkyl halides is 3. The lowest BCUT2D eigenvalue weighted by molar-refractivity contribution is -0.192. The number of aryl methyl sites for hydroxylation is 1. The average molecular weight is 463 g/mol. The van der Waals surface area contributed by atoms with Crippen molar-refractivity contribution in [3.05, 3.63) is 32.7 Å². The Bertz CT molecular complexity index is 888. The predicted octanol–water partition coefficient (Wildman–Crippen LogP) is 3.17. The lowest BCUT2D eigenvalue weighted by Crippen LogP contribution is -2.66. The molecule has 1 unspecified atom stereocenters. The lowest BCUT2D eigenvalue weighted by Gasteiger charge is -2.53. The molecule has 30 heavy (non-hydrogen) atoms. The van der Waals surface area contributed by atoms with Gasteiger partial charge in [-0.15, -0.1) is 22.7 Å². The maximum atomic E-state index is 12.7. The van der Waals surface area contributed by atoms with Gasteiger partial charge in [0.15, 0.2) is 0 Å². The summed E-state index contributed by atoms with van der Waals surface area (Å²) >= 11 is 3.38. The van der Waals surface area contributed by atoms with Gasteiger partial charge in [-0.3, -0.25) is 14.7 Å². The van der Waals surface area contributed by atoms with E-state index in [0.29, 0.717) is 5.91 Å². The molecule has 2 aromatic heterocycles. The molecule has 2 aliphatic rings. The first kappa shape index (κ1) is 22.6. The van der Waals surface area contributed by atoms with Crippen LogP contribution in [0.4, 0.5) is 13.2 Å². The van der Waals surface area contributed by atoms with Crippen molar-refractivity contribution in [2.75, 3.05) is 19.6 Å². The number of nitrogens with zero attached hydrogens (tertiary/aromatic N) is 4. The van der Waals surface area contributed by atoms with E-state index in [0.717, 1.165) is 50.6 Å². The van der Waals surface area contributed by atoms with Gasteiger partial charge in [-0.05, 0) is 26.3 Å². The molecular weight excluding hydrogens is 441 g/mol. The second kappa shape index (κ2) is 8.98. The van der Waals surface area contributed by atoms with Crippen molar-refractivity contribution >= 4 is 34.6 Å². The number of piperidine rings is 1. The van der Waals surface area contributed by atoms with Crippen molar-refractivity contribution in [3.63, 3.8) is 0 Å². The molecule has 0 aliphatic carbocycles. The van der Waals surface area contributed by atoms with Gasteiger partial charge in [0.2, 0.25) is 5.91 Å². The highest BCUT2D eigenvalue weighted by Crippen LogP contribution is 2.41. The van der Waals surface area contributed by atoms with Crippen LogP contribution in [0.25, 0.3) is 0 Å². The van der Waals surface area contributed by atoms with E-state index in [-0.39, 0.29) is 5.41 Å². The molecule has 2 fully saturated rings. The van der Waals surface area contributed by atoms with Gasteiger partial charge in [0.25, 0.3) is 0 Å². The van der Waals surface area contributed by atoms with Crippen LogP contribution in [0.2, 0.25) is 0 Å². The minimum atomic E-state index is -5.08. The molecule has 0 bridgehead atoms. The van der Waals surface area contributed by atoms with E-state index in [1.807, 2.05) is 29.7 Å². The number of carboxylic acid groups (broad SMARTS) is 1. The SMILES string of the molecule is Cc1ncc(CN2CCCC3(C2)CN(Cc2cncs2)C3=O)s1.O=C(O)C(F)(F)F. The van der Waals surface area contributed by atoms with Crippen LogP contribution in [-0.4, -0.2) is 62.6 Å². The van der Waals surface area contributed by atoms with Gasteiger partial charge in [0, 0.05) is 41.8 Å². The third-order valence-electron chi connectivity index (χ3n) is 5.01. The number of carbonyl (C=O) groups excluding carboxylic acids is 1. The van der Waals surface area contributed by atoms with Crippen LogP contribution in [-0.2, 0) is 22.7 Å². The summed E-state index contributed by atoms with van der Waals surface area (Å²) in [6.45, 7) is 6.55. The monoisotopic (exact) mass is 462 g/mol. The lowest BCUT2D eigenvalue weighted by atomic mass is 9.72. The van der Waals surface area contributed by atoms with E-state index in [1.54, 1.807) is 22.7 Å². The van der Waals surface area contributed by atoms with Crippen molar-refractivity contribution in [1.29, 1.82) is 0 Å². The average Bonchev–Trinajstić information content (AvgIpc) is 3.33. The van der Waals surface area contributed by atoms with E-state index in [9.17, 15) is 18.0 Å². The number of aromatic nitrogens is 2. The number of rotatable bonds is 4. The van der Waals surface area contributed by atoms with E-state index < -0.39 is 12.1 Å². The smallest absolute Gasteiger partial charge is 0.475 e. The number of β-lactam (4-membered cyclic amide) rings is 1. The largest absolute Gasteiger partial charge is 0.490 e. The molecule has 164 valence electrons. The maximum Gasteiger partial charge on any atom is 0.490 e. The number of likely N-dealkylation sites (tertiary alicyclic amines) is 2. The molecule has 1 spiro atoms. The van der Waals surface area contributed by atoms with Gasteiger partial charge < -0.3 is 10.0 Å². The molecule has 0 aromatic carbocycles. The molecule has 2 saturated heterocycles. The summed E-state index contributed by atoms with van der Waals surface area (Å²) < 4.78 is 31.7. The predicted molar refractivity (Wildman–Crippen MR) is 105 cm³/mol. The van der Waals surface area contributed by atoms with Crippen LogP contribution < -0.4 is 0 Å². The molecule has 1 amide bonds. The molecule has 1 N–H and O–H groups in total. The molecule has 1 atom stereocenters. The van der Waals surface area contributed by atoms with Crippen LogP contribution in [0.1, 0.15) is 27.6 Å². The number of hydrogen-bond acceptors (Lipinski definition) is 7. The second-order valence-electron chi connectivity index (χ2n) is 7.37. The Morgan fingerprint density at radius 1 is 1.27 bits per heavy atom. The number of amides is 1. The molecule has 4 rings (SSSR count). The maximum absolute atomic E-state index is 12.7. The summed E-state index contributed by atoms with van der Waals surface area (Å²) in [6, 6.07) is 0. The minimum absolute atomic E-state index is 0.136. The highest BCUT2D eigenvalue weighted by atomic mass is 32.1. The summed E-state index contributed by atoms with van der Waals surface area (Å²) in [4.78, 5) is 36.9. The van der Waals surface area contributed by atoms with Gasteiger partial charge in [-0.1, -0.05) is 0 Å². The first-order valence-electron chi connectivity index (χ1n) is 9.19. The molecule has 12 heteroatoms. The summed E-state index contributed by atoms with van der Waals surface area (Å²) in [5.74, 6) is -2.43. The summed E-state index contributed by atoms with van der Waals surface area (Å²) in [5.41, 5.74) is 1.69. The number of halogens is 3. The van der Waals surface area contributed by atoms with E-state index in [2.05, 4.69) is 14.9 Å². The molecular formula is C18H21F3N4O3S2. The zero-order chi connectivity index (χ0) is 21.9. The zero-order valence-corrected chi connectivity index (χ0v) is 17.8.